The molecule has 0 amide bonds. The molecule has 4 heteroatoms. The summed E-state index contributed by atoms with van der Waals surface area (Å²) in [4.78, 5) is 2.39. The summed E-state index contributed by atoms with van der Waals surface area (Å²) in [7, 11) is 0. The van der Waals surface area contributed by atoms with Gasteiger partial charge in [-0.25, -0.2) is 4.39 Å². The summed E-state index contributed by atoms with van der Waals surface area (Å²) >= 11 is 0. The highest BCUT2D eigenvalue weighted by molar-refractivity contribution is 5.40. The van der Waals surface area contributed by atoms with Gasteiger partial charge < -0.3 is 10.4 Å². The lowest BCUT2D eigenvalue weighted by Crippen LogP contribution is -2.45. The average Bonchev–Trinajstić information content (AvgIpc) is 3.25. The first-order chi connectivity index (χ1) is 9.18. The van der Waals surface area contributed by atoms with E-state index in [0.717, 1.165) is 31.7 Å². The number of aromatic hydroxyl groups is 1. The molecule has 0 spiro atoms. The van der Waals surface area contributed by atoms with Crippen LogP contribution in [0.5, 0.6) is 5.75 Å². The maximum absolute atomic E-state index is 13.9. The molecule has 1 saturated heterocycles. The van der Waals surface area contributed by atoms with Gasteiger partial charge in [0.25, 0.3) is 0 Å². The number of hydrogen-bond acceptors (Lipinski definition) is 3. The van der Waals surface area contributed by atoms with E-state index in [9.17, 15) is 9.50 Å². The Morgan fingerprint density at radius 3 is 2.63 bits per heavy atom. The monoisotopic (exact) mass is 264 g/mol. The van der Waals surface area contributed by atoms with Crippen LogP contribution in [0.15, 0.2) is 12.1 Å². The molecule has 1 aliphatic carbocycles. The minimum atomic E-state index is -0.460. The molecule has 3 nitrogen and oxygen atoms in total. The van der Waals surface area contributed by atoms with Crippen LogP contribution in [0, 0.1) is 18.7 Å². The lowest BCUT2D eigenvalue weighted by atomic mass is 9.97. The highest BCUT2D eigenvalue weighted by Gasteiger charge is 2.38. The Labute approximate surface area is 113 Å². The van der Waals surface area contributed by atoms with E-state index in [1.54, 1.807) is 13.0 Å². The van der Waals surface area contributed by atoms with Crippen molar-refractivity contribution in [1.82, 2.24) is 10.2 Å². The van der Waals surface area contributed by atoms with E-state index in [0.29, 0.717) is 11.5 Å². The molecule has 2 fully saturated rings. The quantitative estimate of drug-likeness (QED) is 0.878. The molecule has 19 heavy (non-hydrogen) atoms. The Hall–Kier alpha value is -1.13. The van der Waals surface area contributed by atoms with Crippen LogP contribution in [0.1, 0.15) is 30.0 Å². The molecular weight excluding hydrogens is 243 g/mol. The number of halogens is 1. The minimum absolute atomic E-state index is 0.143. The molecule has 1 aromatic rings. The summed E-state index contributed by atoms with van der Waals surface area (Å²) in [5.41, 5.74) is 1.28. The average molecular weight is 264 g/mol. The molecule has 2 N–H and O–H groups in total. The fourth-order valence-corrected chi connectivity index (χ4v) is 3.04. The van der Waals surface area contributed by atoms with Crippen LogP contribution in [-0.2, 0) is 0 Å². The molecule has 0 aromatic heterocycles. The number of piperazine rings is 1. The molecule has 1 atom stereocenters. The van der Waals surface area contributed by atoms with Gasteiger partial charge in [0.05, 0.1) is 0 Å². The van der Waals surface area contributed by atoms with Crippen molar-refractivity contribution in [2.75, 3.05) is 26.2 Å². The summed E-state index contributed by atoms with van der Waals surface area (Å²) in [5.74, 6) is -0.0279. The van der Waals surface area contributed by atoms with Crippen LogP contribution >= 0.6 is 0 Å². The first-order valence-electron chi connectivity index (χ1n) is 7.11. The molecule has 2 aliphatic rings. The zero-order chi connectivity index (χ0) is 13.4. The Morgan fingerprint density at radius 1 is 1.32 bits per heavy atom. The second-order valence-electron chi connectivity index (χ2n) is 5.70. The maximum atomic E-state index is 13.9. The van der Waals surface area contributed by atoms with Crippen molar-refractivity contribution in [1.29, 1.82) is 0 Å². The van der Waals surface area contributed by atoms with Crippen LogP contribution in [0.3, 0.4) is 0 Å². The number of nitrogens with one attached hydrogen (secondary N) is 1. The fraction of sp³-hybridized carbons (Fsp3) is 0.600. The molecule has 1 heterocycles. The molecule has 3 rings (SSSR count). The summed E-state index contributed by atoms with van der Waals surface area (Å²) < 4.78 is 13.9. The first-order valence-corrected chi connectivity index (χ1v) is 7.11. The Balaban J connectivity index is 1.93. The smallest absolute Gasteiger partial charge is 0.168 e. The van der Waals surface area contributed by atoms with Gasteiger partial charge in [-0.15, -0.1) is 0 Å². The van der Waals surface area contributed by atoms with Gasteiger partial charge in [-0.2, -0.15) is 0 Å². The van der Waals surface area contributed by atoms with Crippen molar-refractivity contribution in [2.45, 2.75) is 25.8 Å². The van der Waals surface area contributed by atoms with Gasteiger partial charge in [0, 0.05) is 37.8 Å². The van der Waals surface area contributed by atoms with Crippen molar-refractivity contribution >= 4 is 0 Å². The summed E-state index contributed by atoms with van der Waals surface area (Å²) in [6.07, 6.45) is 2.37. The second kappa shape index (κ2) is 5.10. The number of nitrogens with zero attached hydrogens (tertiary/aromatic N) is 1. The summed E-state index contributed by atoms with van der Waals surface area (Å²) in [6.45, 7) is 5.57. The second-order valence-corrected chi connectivity index (χ2v) is 5.70. The number of aryl methyl sites for hydroxylation is 1. The van der Waals surface area contributed by atoms with E-state index in [4.69, 9.17) is 0 Å². The topological polar surface area (TPSA) is 35.5 Å². The zero-order valence-electron chi connectivity index (χ0n) is 11.3. The van der Waals surface area contributed by atoms with Crippen molar-refractivity contribution in [2.24, 2.45) is 5.92 Å². The molecule has 0 bridgehead atoms. The van der Waals surface area contributed by atoms with E-state index >= 15 is 0 Å². The number of phenols is 1. The standard InChI is InChI=1S/C15H21FN2O/c1-10-2-5-12(15(19)13(10)16)14(11-3-4-11)18-8-6-17-7-9-18/h2,5,11,14,17,19H,3-4,6-9H2,1H3/t14-/m0/s1. The largest absolute Gasteiger partial charge is 0.505 e. The van der Waals surface area contributed by atoms with Gasteiger partial charge in [0.1, 0.15) is 0 Å². The molecule has 0 unspecified atom stereocenters. The number of phenolic OH excluding ortho intramolecular Hbond substituents is 1. The van der Waals surface area contributed by atoms with Crippen LogP contribution in [0.2, 0.25) is 0 Å². The Bertz CT molecular complexity index is 467. The lowest BCUT2D eigenvalue weighted by Gasteiger charge is -2.35. The van der Waals surface area contributed by atoms with Crippen molar-refractivity contribution in [3.05, 3.63) is 29.1 Å². The third kappa shape index (κ3) is 2.47. The zero-order valence-corrected chi connectivity index (χ0v) is 11.3. The molecule has 1 aliphatic heterocycles. The van der Waals surface area contributed by atoms with Crippen molar-refractivity contribution in [3.8, 4) is 5.75 Å². The van der Waals surface area contributed by atoms with Gasteiger partial charge in [-0.3, -0.25) is 4.90 Å². The summed E-state index contributed by atoms with van der Waals surface area (Å²) in [6, 6.07) is 3.86. The Morgan fingerprint density at radius 2 is 2.00 bits per heavy atom. The molecule has 1 aromatic carbocycles. The molecular formula is C15H21FN2O. The van der Waals surface area contributed by atoms with E-state index in [-0.39, 0.29) is 11.8 Å². The molecule has 104 valence electrons. The normalized spacial score (nSPS) is 22.4. The Kier molecular flexibility index (Phi) is 3.46. The molecule has 1 saturated carbocycles. The van der Waals surface area contributed by atoms with Crippen molar-refractivity contribution < 1.29 is 9.50 Å². The highest BCUT2D eigenvalue weighted by Crippen LogP contribution is 2.47. The van der Waals surface area contributed by atoms with Gasteiger partial charge in [-0.05, 0) is 31.2 Å². The van der Waals surface area contributed by atoms with E-state index < -0.39 is 5.82 Å². The van der Waals surface area contributed by atoms with Crippen LogP contribution in [0.4, 0.5) is 4.39 Å². The van der Waals surface area contributed by atoms with E-state index in [1.807, 2.05) is 6.07 Å². The first kappa shape index (κ1) is 12.9. The van der Waals surface area contributed by atoms with Gasteiger partial charge in [-0.1, -0.05) is 12.1 Å². The third-order valence-electron chi connectivity index (χ3n) is 4.27. The van der Waals surface area contributed by atoms with Crippen molar-refractivity contribution in [3.63, 3.8) is 0 Å². The predicted molar refractivity (Wildman–Crippen MR) is 72.7 cm³/mol. The number of rotatable bonds is 3. The van der Waals surface area contributed by atoms with Gasteiger partial charge in [0.15, 0.2) is 11.6 Å². The number of benzene rings is 1. The summed E-state index contributed by atoms with van der Waals surface area (Å²) in [5, 5.41) is 13.5. The minimum Gasteiger partial charge on any atom is -0.505 e. The van der Waals surface area contributed by atoms with E-state index in [2.05, 4.69) is 10.2 Å². The van der Waals surface area contributed by atoms with Gasteiger partial charge in [0.2, 0.25) is 0 Å². The van der Waals surface area contributed by atoms with Crippen LogP contribution in [0.25, 0.3) is 0 Å². The maximum Gasteiger partial charge on any atom is 0.168 e. The highest BCUT2D eigenvalue weighted by atomic mass is 19.1. The predicted octanol–water partition coefficient (Wildman–Crippen LogP) is 2.20. The lowest BCUT2D eigenvalue weighted by molar-refractivity contribution is 0.153. The molecule has 0 radical (unpaired) electrons. The number of hydrogen-bond donors (Lipinski definition) is 2. The van der Waals surface area contributed by atoms with Gasteiger partial charge >= 0.3 is 0 Å². The van der Waals surface area contributed by atoms with Crippen LogP contribution < -0.4 is 5.32 Å². The van der Waals surface area contributed by atoms with E-state index in [1.165, 1.54) is 12.8 Å². The SMILES string of the molecule is Cc1ccc([C@H](C2CC2)N2CCNCC2)c(O)c1F. The van der Waals surface area contributed by atoms with Crippen LogP contribution in [-0.4, -0.2) is 36.2 Å². The third-order valence-corrected chi connectivity index (χ3v) is 4.27. The fourth-order valence-electron chi connectivity index (χ4n) is 3.04.